The number of nitrogens with one attached hydrogen (secondary N) is 1. The van der Waals surface area contributed by atoms with Crippen LogP contribution in [0.3, 0.4) is 0 Å². The molecule has 2 aliphatic heterocycles. The largest absolute Gasteiger partial charge is 0.360 e. The fourth-order valence-electron chi connectivity index (χ4n) is 1.39. The van der Waals surface area contributed by atoms with Gasteiger partial charge in [-0.15, -0.1) is 11.8 Å². The number of sulfone groups is 1. The van der Waals surface area contributed by atoms with E-state index in [2.05, 4.69) is 5.32 Å². The second kappa shape index (κ2) is 4.22. The minimum absolute atomic E-state index is 0.395. The summed E-state index contributed by atoms with van der Waals surface area (Å²) in [5.74, 6) is 0. The van der Waals surface area contributed by atoms with Crippen molar-refractivity contribution in [3.63, 3.8) is 0 Å². The normalized spacial score (nSPS) is 29.6. The van der Waals surface area contributed by atoms with Crippen molar-refractivity contribution in [2.24, 2.45) is 0 Å². The molecule has 0 aromatic heterocycles. The number of ether oxygens (including phenoxy) is 1. The average Bonchev–Trinajstić information content (AvgIpc) is 2.72. The SMILES string of the molecule is O=S(=O)([C]1CC=CS1)C1CNCCO1. The van der Waals surface area contributed by atoms with E-state index in [1.54, 1.807) is 0 Å². The van der Waals surface area contributed by atoms with Crippen molar-refractivity contribution in [2.45, 2.75) is 11.9 Å². The first-order chi connectivity index (χ1) is 6.71. The fourth-order valence-corrected chi connectivity index (χ4v) is 4.18. The molecule has 0 aromatic carbocycles. The molecular formula is C8H12NO3S2. The van der Waals surface area contributed by atoms with Gasteiger partial charge in [0.2, 0.25) is 0 Å². The zero-order valence-corrected chi connectivity index (χ0v) is 9.23. The maximum Gasteiger partial charge on any atom is 0.196 e. The standard InChI is InChI=1S/C8H12NO3S2/c10-14(11,8-2-1-5-13-8)7-6-9-3-4-12-7/h1,5,7,9H,2-4,6H2. The van der Waals surface area contributed by atoms with Crippen molar-refractivity contribution in [1.29, 1.82) is 0 Å². The van der Waals surface area contributed by atoms with Crippen LogP contribution in [0.2, 0.25) is 0 Å². The summed E-state index contributed by atoms with van der Waals surface area (Å²) in [5, 5.41) is 4.83. The van der Waals surface area contributed by atoms with Gasteiger partial charge >= 0.3 is 0 Å². The maximum atomic E-state index is 11.9. The van der Waals surface area contributed by atoms with E-state index in [4.69, 9.17) is 4.74 Å². The van der Waals surface area contributed by atoms with Gasteiger partial charge in [0.15, 0.2) is 19.9 Å². The number of morpholine rings is 1. The van der Waals surface area contributed by atoms with Crippen LogP contribution in [0, 0.1) is 4.58 Å². The molecule has 0 amide bonds. The molecule has 6 heteroatoms. The van der Waals surface area contributed by atoms with Crippen LogP contribution in [0.4, 0.5) is 0 Å². The molecule has 0 bridgehead atoms. The maximum absolute atomic E-state index is 11.9. The monoisotopic (exact) mass is 234 g/mol. The molecule has 1 unspecified atom stereocenters. The molecule has 2 aliphatic rings. The molecule has 0 saturated carbocycles. The average molecular weight is 234 g/mol. The van der Waals surface area contributed by atoms with Crippen molar-refractivity contribution in [3.05, 3.63) is 16.1 Å². The molecule has 1 saturated heterocycles. The molecule has 4 nitrogen and oxygen atoms in total. The van der Waals surface area contributed by atoms with Gasteiger partial charge in [0.25, 0.3) is 0 Å². The third-order valence-electron chi connectivity index (χ3n) is 2.14. The van der Waals surface area contributed by atoms with E-state index in [1.807, 2.05) is 11.5 Å². The summed E-state index contributed by atoms with van der Waals surface area (Å²) in [4.78, 5) is 0. The third-order valence-corrected chi connectivity index (χ3v) is 5.68. The van der Waals surface area contributed by atoms with Crippen molar-refractivity contribution in [2.75, 3.05) is 19.7 Å². The number of thioether (sulfide) groups is 1. The number of hydrogen-bond donors (Lipinski definition) is 1. The summed E-state index contributed by atoms with van der Waals surface area (Å²) < 4.78 is 29.6. The number of allylic oxidation sites excluding steroid dienone is 1. The van der Waals surface area contributed by atoms with E-state index in [0.717, 1.165) is 6.54 Å². The molecule has 1 atom stereocenters. The van der Waals surface area contributed by atoms with Gasteiger partial charge in [0.1, 0.15) is 0 Å². The van der Waals surface area contributed by atoms with Crippen LogP contribution in [-0.2, 0) is 14.6 Å². The molecule has 1 N–H and O–H groups in total. The Morgan fingerprint density at radius 1 is 1.57 bits per heavy atom. The van der Waals surface area contributed by atoms with E-state index in [1.165, 1.54) is 11.8 Å². The molecular weight excluding hydrogens is 222 g/mol. The van der Waals surface area contributed by atoms with Crippen LogP contribution in [0.1, 0.15) is 6.42 Å². The van der Waals surface area contributed by atoms with Crippen LogP contribution in [0.25, 0.3) is 0 Å². The number of hydrogen-bond acceptors (Lipinski definition) is 5. The first-order valence-corrected chi connectivity index (χ1v) is 6.87. The van der Waals surface area contributed by atoms with E-state index in [0.29, 0.717) is 24.2 Å². The minimum Gasteiger partial charge on any atom is -0.360 e. The van der Waals surface area contributed by atoms with Gasteiger partial charge in [0, 0.05) is 13.1 Å². The minimum atomic E-state index is -3.23. The lowest BCUT2D eigenvalue weighted by Gasteiger charge is -2.25. The predicted octanol–water partition coefficient (Wildman–Crippen LogP) is 0.487. The Morgan fingerprint density at radius 3 is 3.00 bits per heavy atom. The topological polar surface area (TPSA) is 55.4 Å². The quantitative estimate of drug-likeness (QED) is 0.753. The molecule has 0 spiro atoms. The van der Waals surface area contributed by atoms with E-state index in [-0.39, 0.29) is 0 Å². The Labute approximate surface area is 88.0 Å². The Hall–Kier alpha value is -0.0400. The van der Waals surface area contributed by atoms with E-state index >= 15 is 0 Å². The van der Waals surface area contributed by atoms with Gasteiger partial charge < -0.3 is 10.1 Å². The Kier molecular flexibility index (Phi) is 3.16. The summed E-state index contributed by atoms with van der Waals surface area (Å²) in [7, 11) is -3.23. The zero-order chi connectivity index (χ0) is 10.0. The van der Waals surface area contributed by atoms with E-state index in [9.17, 15) is 8.42 Å². The lowest BCUT2D eigenvalue weighted by atomic mass is 10.5. The molecule has 2 heterocycles. The molecule has 0 aromatic rings. The first kappa shape index (κ1) is 10.5. The van der Waals surface area contributed by atoms with Crippen LogP contribution in [0.5, 0.6) is 0 Å². The highest BCUT2D eigenvalue weighted by Crippen LogP contribution is 2.38. The van der Waals surface area contributed by atoms with Gasteiger partial charge in [-0.05, 0) is 11.8 Å². The molecule has 14 heavy (non-hydrogen) atoms. The predicted molar refractivity (Wildman–Crippen MR) is 56.1 cm³/mol. The van der Waals surface area contributed by atoms with Gasteiger partial charge in [-0.25, -0.2) is 8.42 Å². The fraction of sp³-hybridized carbons (Fsp3) is 0.625. The van der Waals surface area contributed by atoms with Crippen molar-refractivity contribution in [1.82, 2.24) is 5.32 Å². The van der Waals surface area contributed by atoms with Crippen LogP contribution >= 0.6 is 11.8 Å². The Bertz CT molecular complexity index is 311. The third kappa shape index (κ3) is 1.98. The van der Waals surface area contributed by atoms with Crippen molar-refractivity contribution >= 4 is 21.6 Å². The molecule has 1 radical (unpaired) electrons. The lowest BCUT2D eigenvalue weighted by molar-refractivity contribution is 0.0789. The lowest BCUT2D eigenvalue weighted by Crippen LogP contribution is -2.44. The highest BCUT2D eigenvalue weighted by molar-refractivity contribution is 8.19. The van der Waals surface area contributed by atoms with Crippen molar-refractivity contribution in [3.8, 4) is 0 Å². The van der Waals surface area contributed by atoms with Gasteiger partial charge in [-0.3, -0.25) is 0 Å². The van der Waals surface area contributed by atoms with Crippen molar-refractivity contribution < 1.29 is 13.2 Å². The van der Waals surface area contributed by atoms with Crippen LogP contribution in [-0.4, -0.2) is 33.6 Å². The summed E-state index contributed by atoms with van der Waals surface area (Å²) in [6, 6.07) is 0. The molecule has 79 valence electrons. The molecule has 0 aliphatic carbocycles. The summed E-state index contributed by atoms with van der Waals surface area (Å²) >= 11 is 1.28. The summed E-state index contributed by atoms with van der Waals surface area (Å²) in [5.41, 5.74) is -0.696. The Morgan fingerprint density at radius 2 is 2.43 bits per heavy atom. The Balaban J connectivity index is 2.06. The van der Waals surface area contributed by atoms with Crippen LogP contribution < -0.4 is 5.32 Å². The first-order valence-electron chi connectivity index (χ1n) is 4.45. The summed E-state index contributed by atoms with van der Waals surface area (Å²) in [6.45, 7) is 1.59. The smallest absolute Gasteiger partial charge is 0.196 e. The highest BCUT2D eigenvalue weighted by atomic mass is 32.3. The second-order valence-corrected chi connectivity index (χ2v) is 6.48. The van der Waals surface area contributed by atoms with Gasteiger partial charge in [-0.2, -0.15) is 0 Å². The molecule has 2 rings (SSSR count). The van der Waals surface area contributed by atoms with Crippen LogP contribution in [0.15, 0.2) is 11.5 Å². The highest BCUT2D eigenvalue weighted by Gasteiger charge is 2.37. The number of rotatable bonds is 2. The summed E-state index contributed by atoms with van der Waals surface area (Å²) in [6.07, 6.45) is 2.38. The zero-order valence-electron chi connectivity index (χ0n) is 7.60. The second-order valence-electron chi connectivity index (χ2n) is 3.12. The van der Waals surface area contributed by atoms with Gasteiger partial charge in [0.05, 0.1) is 6.61 Å². The van der Waals surface area contributed by atoms with E-state index < -0.39 is 15.3 Å². The molecule has 1 fully saturated rings. The van der Waals surface area contributed by atoms with Gasteiger partial charge in [-0.1, -0.05) is 6.08 Å².